The molecule has 2 aliphatic heterocycles. The van der Waals surface area contributed by atoms with Crippen molar-refractivity contribution < 1.29 is 14.3 Å². The van der Waals surface area contributed by atoms with Gasteiger partial charge in [0.15, 0.2) is 0 Å². The lowest BCUT2D eigenvalue weighted by molar-refractivity contribution is 0.0674. The van der Waals surface area contributed by atoms with Crippen LogP contribution >= 0.6 is 0 Å². The molecule has 0 aliphatic carbocycles. The van der Waals surface area contributed by atoms with Gasteiger partial charge in [0.25, 0.3) is 11.8 Å². The molecule has 2 fully saturated rings. The lowest BCUT2D eigenvalue weighted by atomic mass is 9.93. The maximum Gasteiger partial charge on any atom is 0.267 e. The highest BCUT2D eigenvalue weighted by Gasteiger charge is 2.45. The zero-order chi connectivity index (χ0) is 19.0. The first kappa shape index (κ1) is 17.8. The van der Waals surface area contributed by atoms with Crippen molar-refractivity contribution in [2.24, 2.45) is 18.9 Å². The molecule has 2 aliphatic rings. The van der Waals surface area contributed by atoms with Gasteiger partial charge in [0.05, 0.1) is 12.7 Å². The fraction of sp³-hybridized carbons (Fsp3) is 0.429. The summed E-state index contributed by atoms with van der Waals surface area (Å²) >= 11 is 0. The fourth-order valence-corrected chi connectivity index (χ4v) is 4.15. The second kappa shape index (κ2) is 7.19. The number of benzene rings is 1. The molecular weight excluding hydrogens is 342 g/mol. The number of amides is 2. The number of aryl methyl sites for hydroxylation is 2. The average molecular weight is 367 g/mol. The second-order valence-electron chi connectivity index (χ2n) is 7.59. The third-order valence-electron chi connectivity index (χ3n) is 5.69. The van der Waals surface area contributed by atoms with Crippen molar-refractivity contribution in [3.8, 4) is 0 Å². The van der Waals surface area contributed by atoms with E-state index in [0.717, 1.165) is 11.1 Å². The molecule has 0 saturated carbocycles. The SMILES string of the molecule is Cc1cccc(C(=O)N2C[C@@H]3[C@@H](CNC(=O)c4cccn4C)CO[C@@H]3C2)c1. The summed E-state index contributed by atoms with van der Waals surface area (Å²) < 4.78 is 7.73. The summed E-state index contributed by atoms with van der Waals surface area (Å²) in [5.74, 6) is 0.488. The van der Waals surface area contributed by atoms with Gasteiger partial charge < -0.3 is 19.5 Å². The summed E-state index contributed by atoms with van der Waals surface area (Å²) in [6.07, 6.45) is 1.92. The highest BCUT2D eigenvalue weighted by molar-refractivity contribution is 5.94. The Hall–Kier alpha value is -2.60. The van der Waals surface area contributed by atoms with E-state index in [9.17, 15) is 9.59 Å². The number of nitrogens with zero attached hydrogens (tertiary/aromatic N) is 2. The standard InChI is InChI=1S/C21H25N3O3/c1-14-5-3-6-15(9-14)21(26)24-11-17-16(13-27-19(17)12-24)10-22-20(25)18-7-4-8-23(18)2/h3-9,16-17,19H,10-13H2,1-2H3,(H,22,25)/t16-,17+,19+/m0/s1. The van der Waals surface area contributed by atoms with Gasteiger partial charge in [-0.15, -0.1) is 0 Å². The van der Waals surface area contributed by atoms with E-state index in [2.05, 4.69) is 5.32 Å². The van der Waals surface area contributed by atoms with Crippen LogP contribution in [0.15, 0.2) is 42.6 Å². The van der Waals surface area contributed by atoms with Crippen LogP contribution < -0.4 is 5.32 Å². The number of fused-ring (bicyclic) bond motifs is 1. The Morgan fingerprint density at radius 1 is 1.22 bits per heavy atom. The summed E-state index contributed by atoms with van der Waals surface area (Å²) in [5, 5.41) is 3.02. The van der Waals surface area contributed by atoms with Crippen LogP contribution in [0.25, 0.3) is 0 Å². The molecule has 0 unspecified atom stereocenters. The maximum absolute atomic E-state index is 12.8. The number of ether oxygens (including phenoxy) is 1. The van der Waals surface area contributed by atoms with Crippen LogP contribution in [-0.4, -0.2) is 53.6 Å². The highest BCUT2D eigenvalue weighted by atomic mass is 16.5. The molecule has 1 aromatic carbocycles. The van der Waals surface area contributed by atoms with E-state index in [-0.39, 0.29) is 29.8 Å². The maximum atomic E-state index is 12.8. The molecule has 0 spiro atoms. The largest absolute Gasteiger partial charge is 0.376 e. The Morgan fingerprint density at radius 2 is 2.07 bits per heavy atom. The van der Waals surface area contributed by atoms with Gasteiger partial charge in [-0.05, 0) is 31.2 Å². The molecule has 2 amide bonds. The molecule has 1 N–H and O–H groups in total. The zero-order valence-corrected chi connectivity index (χ0v) is 15.7. The third-order valence-corrected chi connectivity index (χ3v) is 5.69. The van der Waals surface area contributed by atoms with Crippen molar-refractivity contribution in [1.29, 1.82) is 0 Å². The van der Waals surface area contributed by atoms with Gasteiger partial charge in [0.1, 0.15) is 5.69 Å². The van der Waals surface area contributed by atoms with Gasteiger partial charge in [0, 0.05) is 50.3 Å². The molecule has 0 radical (unpaired) electrons. The van der Waals surface area contributed by atoms with Crippen molar-refractivity contribution in [1.82, 2.24) is 14.8 Å². The van der Waals surface area contributed by atoms with Crippen molar-refractivity contribution in [2.75, 3.05) is 26.2 Å². The topological polar surface area (TPSA) is 63.6 Å². The quantitative estimate of drug-likeness (QED) is 0.897. The number of carbonyl (C=O) groups excluding carboxylic acids is 2. The first-order valence-electron chi connectivity index (χ1n) is 9.40. The molecule has 4 rings (SSSR count). The second-order valence-corrected chi connectivity index (χ2v) is 7.59. The van der Waals surface area contributed by atoms with Crippen molar-refractivity contribution in [3.05, 3.63) is 59.4 Å². The van der Waals surface area contributed by atoms with Crippen LogP contribution in [0.5, 0.6) is 0 Å². The van der Waals surface area contributed by atoms with E-state index in [1.165, 1.54) is 0 Å². The van der Waals surface area contributed by atoms with Crippen LogP contribution in [0.1, 0.15) is 26.4 Å². The molecule has 2 saturated heterocycles. The fourth-order valence-electron chi connectivity index (χ4n) is 4.15. The molecule has 1 aromatic heterocycles. The van der Waals surface area contributed by atoms with E-state index in [4.69, 9.17) is 4.74 Å². The van der Waals surface area contributed by atoms with Crippen LogP contribution in [-0.2, 0) is 11.8 Å². The number of hydrogen-bond donors (Lipinski definition) is 1. The van der Waals surface area contributed by atoms with Gasteiger partial charge in [-0.3, -0.25) is 9.59 Å². The van der Waals surface area contributed by atoms with Gasteiger partial charge in [-0.1, -0.05) is 17.7 Å². The molecule has 0 bridgehead atoms. The summed E-state index contributed by atoms with van der Waals surface area (Å²) in [5.41, 5.74) is 2.45. The highest BCUT2D eigenvalue weighted by Crippen LogP contribution is 2.34. The molecule has 27 heavy (non-hydrogen) atoms. The molecule has 6 heteroatoms. The number of rotatable bonds is 4. The Bertz CT molecular complexity index is 860. The van der Waals surface area contributed by atoms with E-state index in [1.807, 2.05) is 55.4 Å². The summed E-state index contributed by atoms with van der Waals surface area (Å²) in [4.78, 5) is 27.0. The van der Waals surface area contributed by atoms with Crippen LogP contribution in [0.2, 0.25) is 0 Å². The number of carbonyl (C=O) groups is 2. The normalized spacial score (nSPS) is 24.1. The lowest BCUT2D eigenvalue weighted by Crippen LogP contribution is -2.35. The molecule has 3 atom stereocenters. The minimum absolute atomic E-state index is 0.0586. The Balaban J connectivity index is 1.36. The average Bonchev–Trinajstić information content (AvgIpc) is 3.35. The van der Waals surface area contributed by atoms with Crippen LogP contribution in [0.3, 0.4) is 0 Å². The van der Waals surface area contributed by atoms with Crippen molar-refractivity contribution in [2.45, 2.75) is 13.0 Å². The van der Waals surface area contributed by atoms with Crippen LogP contribution in [0, 0.1) is 18.8 Å². The third kappa shape index (κ3) is 3.49. The number of likely N-dealkylation sites (tertiary alicyclic amines) is 1. The smallest absolute Gasteiger partial charge is 0.267 e. The van der Waals surface area contributed by atoms with Crippen LogP contribution in [0.4, 0.5) is 0 Å². The van der Waals surface area contributed by atoms with Gasteiger partial charge in [-0.25, -0.2) is 0 Å². The van der Waals surface area contributed by atoms with E-state index in [1.54, 1.807) is 10.6 Å². The first-order valence-corrected chi connectivity index (χ1v) is 9.40. The predicted molar refractivity (Wildman–Crippen MR) is 102 cm³/mol. The number of hydrogen-bond acceptors (Lipinski definition) is 3. The Morgan fingerprint density at radius 3 is 2.81 bits per heavy atom. The van der Waals surface area contributed by atoms with Gasteiger partial charge in [-0.2, -0.15) is 0 Å². The molecule has 142 valence electrons. The predicted octanol–water partition coefficient (Wildman–Crippen LogP) is 1.85. The number of aromatic nitrogens is 1. The summed E-state index contributed by atoms with van der Waals surface area (Å²) in [7, 11) is 1.86. The molecule has 2 aromatic rings. The molecule has 3 heterocycles. The molecule has 6 nitrogen and oxygen atoms in total. The van der Waals surface area contributed by atoms with Crippen molar-refractivity contribution >= 4 is 11.8 Å². The minimum Gasteiger partial charge on any atom is -0.376 e. The van der Waals surface area contributed by atoms with E-state index in [0.29, 0.717) is 31.9 Å². The monoisotopic (exact) mass is 367 g/mol. The zero-order valence-electron chi connectivity index (χ0n) is 15.7. The van der Waals surface area contributed by atoms with E-state index >= 15 is 0 Å². The minimum atomic E-state index is -0.0726. The van der Waals surface area contributed by atoms with Gasteiger partial charge >= 0.3 is 0 Å². The Kier molecular flexibility index (Phi) is 4.74. The number of nitrogens with one attached hydrogen (secondary N) is 1. The Labute approximate surface area is 159 Å². The lowest BCUT2D eigenvalue weighted by Gasteiger charge is -2.20. The van der Waals surface area contributed by atoms with Crippen molar-refractivity contribution in [3.63, 3.8) is 0 Å². The summed E-state index contributed by atoms with van der Waals surface area (Å²) in [6, 6.07) is 11.4. The van der Waals surface area contributed by atoms with Gasteiger partial charge in [0.2, 0.25) is 0 Å². The van der Waals surface area contributed by atoms with E-state index < -0.39 is 0 Å². The molecular formula is C21H25N3O3. The first-order chi connectivity index (χ1) is 13.0. The summed E-state index contributed by atoms with van der Waals surface area (Å²) in [6.45, 7) is 4.50.